The van der Waals surface area contributed by atoms with Crippen molar-refractivity contribution in [3.05, 3.63) is 42.3 Å². The summed E-state index contributed by atoms with van der Waals surface area (Å²) in [6, 6.07) is 11.1. The van der Waals surface area contributed by atoms with Crippen molar-refractivity contribution >= 4 is 24.8 Å². The summed E-state index contributed by atoms with van der Waals surface area (Å²) in [5.41, 5.74) is 2.02. The van der Waals surface area contributed by atoms with Gasteiger partial charge in [0.2, 0.25) is 0 Å². The number of ether oxygens (including phenoxy) is 1. The zero-order valence-corrected chi connectivity index (χ0v) is 19.6. The number of nitrogens with zero attached hydrogens (tertiary/aromatic N) is 3. The third-order valence-corrected chi connectivity index (χ3v) is 7.37. The van der Waals surface area contributed by atoms with Gasteiger partial charge in [-0.05, 0) is 44.1 Å². The number of halogens is 1. The van der Waals surface area contributed by atoms with E-state index in [9.17, 15) is 4.39 Å². The van der Waals surface area contributed by atoms with Crippen molar-refractivity contribution in [2.75, 3.05) is 25.0 Å². The molecule has 2 aromatic heterocycles. The average Bonchev–Trinajstić information content (AvgIpc) is 3.11. The van der Waals surface area contributed by atoms with Crippen molar-refractivity contribution in [2.24, 2.45) is 0 Å². The summed E-state index contributed by atoms with van der Waals surface area (Å²) in [7, 11) is -1.15. The Morgan fingerprint density at radius 1 is 1.23 bits per heavy atom. The third kappa shape index (κ3) is 5.50. The minimum atomic E-state index is -1.15. The minimum absolute atomic E-state index is 0.348. The molecule has 0 bridgehead atoms. The molecule has 1 fully saturated rings. The first-order valence-electron chi connectivity index (χ1n) is 11.1. The number of fused-ring (bicyclic) bond motifs is 1. The first-order valence-corrected chi connectivity index (χ1v) is 14.8. The summed E-state index contributed by atoms with van der Waals surface area (Å²) in [6.45, 7) is 10.0. The van der Waals surface area contributed by atoms with Crippen LogP contribution >= 0.6 is 0 Å². The zero-order valence-electron chi connectivity index (χ0n) is 18.6. The SMILES string of the molecule is C[Si](C)(C)CCOCn1nc(-c2cc(NC3CCNCC3)ncc2F)c2ccccc21. The fourth-order valence-electron chi connectivity index (χ4n) is 3.83. The standard InChI is InChI=1S/C23H32FN5OSi/c1-31(2,3)13-12-30-16-29-21-7-5-4-6-18(21)23(28-29)19-14-22(26-15-20(19)24)27-17-8-10-25-11-9-17/h4-7,14-15,17,25H,8-13,16H2,1-3H3,(H,26,27). The molecule has 0 spiro atoms. The van der Waals surface area contributed by atoms with Gasteiger partial charge >= 0.3 is 0 Å². The highest BCUT2D eigenvalue weighted by molar-refractivity contribution is 6.76. The van der Waals surface area contributed by atoms with Crippen LogP contribution in [0.1, 0.15) is 12.8 Å². The minimum Gasteiger partial charge on any atom is -0.367 e. The highest BCUT2D eigenvalue weighted by Gasteiger charge is 2.19. The largest absolute Gasteiger partial charge is 0.367 e. The third-order valence-electron chi connectivity index (χ3n) is 5.67. The molecule has 1 aliphatic heterocycles. The van der Waals surface area contributed by atoms with E-state index in [0.717, 1.165) is 42.9 Å². The van der Waals surface area contributed by atoms with E-state index < -0.39 is 8.07 Å². The maximum atomic E-state index is 14.8. The van der Waals surface area contributed by atoms with Crippen LogP contribution in [0.15, 0.2) is 36.5 Å². The molecule has 3 heterocycles. The Morgan fingerprint density at radius 2 is 2.00 bits per heavy atom. The number of anilines is 1. The Labute approximate surface area is 184 Å². The van der Waals surface area contributed by atoms with Crippen molar-refractivity contribution in [2.45, 2.75) is 51.3 Å². The van der Waals surface area contributed by atoms with E-state index in [1.807, 2.05) is 28.9 Å². The molecule has 3 aromatic rings. The molecule has 2 N–H and O–H groups in total. The number of hydrogen-bond acceptors (Lipinski definition) is 5. The van der Waals surface area contributed by atoms with E-state index in [2.05, 4.69) is 35.3 Å². The molecule has 0 saturated carbocycles. The van der Waals surface area contributed by atoms with E-state index in [4.69, 9.17) is 9.84 Å². The molecule has 0 amide bonds. The number of aromatic nitrogens is 3. The van der Waals surface area contributed by atoms with Gasteiger partial charge in [0.25, 0.3) is 0 Å². The molecule has 8 heteroatoms. The van der Waals surface area contributed by atoms with Crippen LogP contribution in [-0.2, 0) is 11.5 Å². The van der Waals surface area contributed by atoms with Gasteiger partial charge in [-0.1, -0.05) is 37.8 Å². The summed E-state index contributed by atoms with van der Waals surface area (Å²) in [6.07, 6.45) is 3.35. The maximum absolute atomic E-state index is 14.8. The number of rotatable bonds is 8. The van der Waals surface area contributed by atoms with Gasteiger partial charge in [-0.3, -0.25) is 0 Å². The lowest BCUT2D eigenvalue weighted by molar-refractivity contribution is 0.0818. The molecule has 1 aromatic carbocycles. The summed E-state index contributed by atoms with van der Waals surface area (Å²) in [5, 5.41) is 12.5. The Morgan fingerprint density at radius 3 is 2.77 bits per heavy atom. The number of nitrogens with one attached hydrogen (secondary N) is 2. The quantitative estimate of drug-likeness (QED) is 0.391. The highest BCUT2D eigenvalue weighted by Crippen LogP contribution is 2.31. The second-order valence-electron chi connectivity index (χ2n) is 9.43. The first-order chi connectivity index (χ1) is 14.9. The van der Waals surface area contributed by atoms with E-state index in [1.165, 1.54) is 6.20 Å². The molecule has 0 atom stereocenters. The van der Waals surface area contributed by atoms with Crippen LogP contribution < -0.4 is 10.6 Å². The molecule has 0 aliphatic carbocycles. The molecule has 0 radical (unpaired) electrons. The van der Waals surface area contributed by atoms with Crippen LogP contribution in [0, 0.1) is 5.82 Å². The predicted molar refractivity (Wildman–Crippen MR) is 127 cm³/mol. The number of piperidine rings is 1. The lowest BCUT2D eigenvalue weighted by Gasteiger charge is -2.24. The number of benzene rings is 1. The average molecular weight is 442 g/mol. The lowest BCUT2D eigenvalue weighted by atomic mass is 10.1. The molecule has 1 aliphatic rings. The van der Waals surface area contributed by atoms with Gasteiger partial charge in [0.05, 0.1) is 11.7 Å². The van der Waals surface area contributed by atoms with Crippen LogP contribution in [0.4, 0.5) is 10.2 Å². The zero-order chi connectivity index (χ0) is 21.8. The Kier molecular flexibility index (Phi) is 6.69. The van der Waals surface area contributed by atoms with Crippen molar-refractivity contribution in [1.82, 2.24) is 20.1 Å². The molecular formula is C23H32FN5OSi. The number of pyridine rings is 1. The van der Waals surface area contributed by atoms with Gasteiger partial charge in [-0.15, -0.1) is 0 Å². The van der Waals surface area contributed by atoms with Crippen molar-refractivity contribution in [3.63, 3.8) is 0 Å². The van der Waals surface area contributed by atoms with Crippen LogP contribution in [0.5, 0.6) is 0 Å². The second-order valence-corrected chi connectivity index (χ2v) is 15.1. The van der Waals surface area contributed by atoms with E-state index in [0.29, 0.717) is 36.5 Å². The highest BCUT2D eigenvalue weighted by atomic mass is 28.3. The summed E-state index contributed by atoms with van der Waals surface area (Å²) in [5.74, 6) is 0.319. The van der Waals surface area contributed by atoms with Crippen LogP contribution in [0.2, 0.25) is 25.7 Å². The summed E-state index contributed by atoms with van der Waals surface area (Å²) < 4.78 is 22.6. The molecule has 1 saturated heterocycles. The van der Waals surface area contributed by atoms with Gasteiger partial charge in [-0.25, -0.2) is 14.1 Å². The lowest BCUT2D eigenvalue weighted by Crippen LogP contribution is -2.35. The van der Waals surface area contributed by atoms with Crippen molar-refractivity contribution in [1.29, 1.82) is 0 Å². The molecular weight excluding hydrogens is 409 g/mol. The van der Waals surface area contributed by atoms with Gasteiger partial charge in [0, 0.05) is 31.7 Å². The smallest absolute Gasteiger partial charge is 0.151 e. The summed E-state index contributed by atoms with van der Waals surface area (Å²) >= 11 is 0. The fourth-order valence-corrected chi connectivity index (χ4v) is 4.59. The molecule has 166 valence electrons. The Balaban J connectivity index is 1.59. The first kappa shape index (κ1) is 21.9. The van der Waals surface area contributed by atoms with Crippen molar-refractivity contribution < 1.29 is 9.13 Å². The van der Waals surface area contributed by atoms with Gasteiger partial charge in [0.15, 0.2) is 5.82 Å². The van der Waals surface area contributed by atoms with Crippen LogP contribution in [-0.4, -0.2) is 48.6 Å². The van der Waals surface area contributed by atoms with Crippen LogP contribution in [0.25, 0.3) is 22.2 Å². The molecule has 6 nitrogen and oxygen atoms in total. The predicted octanol–water partition coefficient (Wildman–Crippen LogP) is 4.71. The van der Waals surface area contributed by atoms with E-state index >= 15 is 0 Å². The Hall–Kier alpha value is -2.29. The van der Waals surface area contributed by atoms with Gasteiger partial charge in [-0.2, -0.15) is 5.10 Å². The number of hydrogen-bond donors (Lipinski definition) is 2. The number of para-hydroxylation sites is 1. The second kappa shape index (κ2) is 9.46. The van der Waals surface area contributed by atoms with Gasteiger partial charge in [0.1, 0.15) is 18.2 Å². The Bertz CT molecular complexity index is 1030. The topological polar surface area (TPSA) is 64.0 Å². The van der Waals surface area contributed by atoms with Crippen LogP contribution in [0.3, 0.4) is 0 Å². The maximum Gasteiger partial charge on any atom is 0.151 e. The van der Waals surface area contributed by atoms with Crippen molar-refractivity contribution in [3.8, 4) is 11.3 Å². The molecule has 31 heavy (non-hydrogen) atoms. The monoisotopic (exact) mass is 441 g/mol. The van der Waals surface area contributed by atoms with E-state index in [1.54, 1.807) is 6.07 Å². The fraction of sp³-hybridized carbons (Fsp3) is 0.478. The molecule has 0 unspecified atom stereocenters. The summed E-state index contributed by atoms with van der Waals surface area (Å²) in [4.78, 5) is 4.27. The molecule has 4 rings (SSSR count). The van der Waals surface area contributed by atoms with Gasteiger partial charge < -0.3 is 15.4 Å². The normalized spacial score (nSPS) is 15.5. The van der Waals surface area contributed by atoms with E-state index in [-0.39, 0.29) is 5.82 Å².